The van der Waals surface area contributed by atoms with Crippen LogP contribution in [0.2, 0.25) is 0 Å². The average Bonchev–Trinajstić information content (AvgIpc) is 2.97. The quantitative estimate of drug-likeness (QED) is 0.772. The summed E-state index contributed by atoms with van der Waals surface area (Å²) in [4.78, 5) is 16.7. The molecule has 0 fully saturated rings. The van der Waals surface area contributed by atoms with Gasteiger partial charge in [0.15, 0.2) is 0 Å². The number of benzene rings is 1. The summed E-state index contributed by atoms with van der Waals surface area (Å²) >= 11 is 4.97. The topological polar surface area (TPSA) is 68.0 Å². The van der Waals surface area contributed by atoms with Gasteiger partial charge in [0, 0.05) is 15.4 Å². The molecule has 0 aliphatic carbocycles. The van der Waals surface area contributed by atoms with Crippen LogP contribution in [0.5, 0.6) is 0 Å². The average molecular weight is 396 g/mol. The summed E-state index contributed by atoms with van der Waals surface area (Å²) < 4.78 is 1.04. The number of nitrogens with two attached hydrogens (primary N) is 1. The maximum absolute atomic E-state index is 12.1. The highest BCUT2D eigenvalue weighted by atomic mass is 79.9. The third-order valence-electron chi connectivity index (χ3n) is 3.45. The van der Waals surface area contributed by atoms with Crippen LogP contribution in [0.3, 0.4) is 0 Å². The number of carbonyl (C=O) groups excluding carboxylic acids is 1. The van der Waals surface area contributed by atoms with Crippen molar-refractivity contribution < 1.29 is 4.79 Å². The van der Waals surface area contributed by atoms with Gasteiger partial charge in [-0.15, -0.1) is 11.3 Å². The van der Waals surface area contributed by atoms with E-state index < -0.39 is 6.04 Å². The van der Waals surface area contributed by atoms with Crippen molar-refractivity contribution in [3.8, 4) is 11.3 Å². The zero-order chi connectivity index (χ0) is 17.0. The molecule has 3 N–H and O–H groups in total. The molecule has 1 aromatic heterocycles. The molecular formula is C17H22BrN3OS. The molecule has 2 rings (SSSR count). The Balaban J connectivity index is 2.02. The number of nitrogens with zero attached hydrogens (tertiary/aromatic N) is 1. The van der Waals surface area contributed by atoms with Crippen LogP contribution in [-0.4, -0.2) is 16.9 Å². The molecule has 0 spiro atoms. The van der Waals surface area contributed by atoms with Gasteiger partial charge in [-0.25, -0.2) is 4.98 Å². The third kappa shape index (κ3) is 5.12. The number of carbonyl (C=O) groups is 1. The van der Waals surface area contributed by atoms with Crippen molar-refractivity contribution in [2.24, 2.45) is 11.7 Å². The first-order chi connectivity index (χ1) is 10.9. The summed E-state index contributed by atoms with van der Waals surface area (Å²) in [5.41, 5.74) is 7.90. The van der Waals surface area contributed by atoms with Gasteiger partial charge in [0.25, 0.3) is 0 Å². The summed E-state index contributed by atoms with van der Waals surface area (Å²) in [6.45, 7) is 6.05. The number of aromatic nitrogens is 1. The molecule has 6 heteroatoms. The number of halogens is 1. The lowest BCUT2D eigenvalue weighted by Gasteiger charge is -2.17. The molecule has 23 heavy (non-hydrogen) atoms. The van der Waals surface area contributed by atoms with E-state index in [4.69, 9.17) is 5.73 Å². The number of nitrogens with one attached hydrogen (secondary N) is 1. The van der Waals surface area contributed by atoms with Crippen molar-refractivity contribution in [2.75, 3.05) is 0 Å². The number of rotatable bonds is 6. The van der Waals surface area contributed by atoms with Gasteiger partial charge < -0.3 is 11.1 Å². The molecule has 1 heterocycles. The van der Waals surface area contributed by atoms with Gasteiger partial charge in [0.05, 0.1) is 17.8 Å². The molecule has 1 unspecified atom stereocenters. The molecule has 2 aromatic rings. The van der Waals surface area contributed by atoms with Gasteiger partial charge in [-0.1, -0.05) is 41.9 Å². The lowest BCUT2D eigenvalue weighted by atomic mass is 10.0. The minimum Gasteiger partial charge on any atom is -0.346 e. The van der Waals surface area contributed by atoms with Gasteiger partial charge in [0.2, 0.25) is 5.91 Å². The van der Waals surface area contributed by atoms with Gasteiger partial charge in [-0.05, 0) is 31.4 Å². The second-order valence-corrected chi connectivity index (χ2v) is 7.85. The van der Waals surface area contributed by atoms with E-state index in [-0.39, 0.29) is 11.9 Å². The molecule has 0 saturated heterocycles. The van der Waals surface area contributed by atoms with Crippen LogP contribution in [0, 0.1) is 5.92 Å². The van der Waals surface area contributed by atoms with Gasteiger partial charge in [-0.2, -0.15) is 0 Å². The number of amides is 1. The maximum atomic E-state index is 12.1. The van der Waals surface area contributed by atoms with E-state index in [0.717, 1.165) is 20.7 Å². The normalized spacial score (nSPS) is 13.8. The molecule has 1 amide bonds. The molecule has 4 nitrogen and oxygen atoms in total. The van der Waals surface area contributed by atoms with E-state index in [2.05, 4.69) is 40.1 Å². The predicted molar refractivity (Wildman–Crippen MR) is 99.2 cm³/mol. The first-order valence-corrected chi connectivity index (χ1v) is 9.31. The van der Waals surface area contributed by atoms with E-state index >= 15 is 0 Å². The molecule has 0 aliphatic heterocycles. The summed E-state index contributed by atoms with van der Waals surface area (Å²) in [5.74, 6) is 0.279. The highest BCUT2D eigenvalue weighted by Gasteiger charge is 2.19. The van der Waals surface area contributed by atoms with Crippen molar-refractivity contribution in [3.63, 3.8) is 0 Å². The molecule has 0 aliphatic rings. The highest BCUT2D eigenvalue weighted by Crippen LogP contribution is 2.26. The Morgan fingerprint density at radius 2 is 1.96 bits per heavy atom. The Hall–Kier alpha value is -1.24. The number of hydrogen-bond acceptors (Lipinski definition) is 4. The fourth-order valence-electron chi connectivity index (χ4n) is 2.24. The summed E-state index contributed by atoms with van der Waals surface area (Å²) in [6, 6.07) is 7.41. The smallest absolute Gasteiger partial charge is 0.237 e. The van der Waals surface area contributed by atoms with Crippen LogP contribution >= 0.6 is 27.3 Å². The third-order valence-corrected chi connectivity index (χ3v) is 5.01. The van der Waals surface area contributed by atoms with Crippen molar-refractivity contribution in [1.29, 1.82) is 0 Å². The minimum absolute atomic E-state index is 0.119. The van der Waals surface area contributed by atoms with E-state index in [1.165, 1.54) is 0 Å². The molecule has 124 valence electrons. The summed E-state index contributed by atoms with van der Waals surface area (Å²) in [6.07, 6.45) is 0.681. The van der Waals surface area contributed by atoms with E-state index in [0.29, 0.717) is 12.3 Å². The van der Waals surface area contributed by atoms with Crippen LogP contribution < -0.4 is 11.1 Å². The number of hydrogen-bond donors (Lipinski definition) is 2. The molecule has 0 bridgehead atoms. The predicted octanol–water partition coefficient (Wildman–Crippen LogP) is 4.12. The van der Waals surface area contributed by atoms with E-state index in [9.17, 15) is 4.79 Å². The molecule has 1 aromatic carbocycles. The van der Waals surface area contributed by atoms with Crippen molar-refractivity contribution in [3.05, 3.63) is 39.1 Å². The lowest BCUT2D eigenvalue weighted by Crippen LogP contribution is -2.42. The molecular weight excluding hydrogens is 374 g/mol. The van der Waals surface area contributed by atoms with Crippen LogP contribution in [-0.2, 0) is 4.79 Å². The Morgan fingerprint density at radius 1 is 1.30 bits per heavy atom. The van der Waals surface area contributed by atoms with Crippen molar-refractivity contribution in [1.82, 2.24) is 10.3 Å². The van der Waals surface area contributed by atoms with E-state index in [1.807, 2.05) is 36.6 Å². The second kappa shape index (κ2) is 8.04. The lowest BCUT2D eigenvalue weighted by molar-refractivity contribution is -0.123. The summed E-state index contributed by atoms with van der Waals surface area (Å²) in [7, 11) is 0. The van der Waals surface area contributed by atoms with Crippen LogP contribution in [0.25, 0.3) is 11.3 Å². The molecule has 0 saturated carbocycles. The van der Waals surface area contributed by atoms with Crippen molar-refractivity contribution >= 4 is 33.2 Å². The standard InChI is InChI=1S/C17H22BrN3OS/c1-10(2)8-14(19)16(22)20-11(3)17-21-15(9-23-17)12-4-6-13(18)7-5-12/h4-7,9-11,14H,8,19H2,1-3H3,(H,20,22)/t11?,14-/m0/s1. The Morgan fingerprint density at radius 3 is 2.57 bits per heavy atom. The molecule has 0 radical (unpaired) electrons. The van der Waals surface area contributed by atoms with E-state index in [1.54, 1.807) is 11.3 Å². The zero-order valence-electron chi connectivity index (χ0n) is 13.5. The van der Waals surface area contributed by atoms with Gasteiger partial charge >= 0.3 is 0 Å². The van der Waals surface area contributed by atoms with Crippen LogP contribution in [0.1, 0.15) is 38.2 Å². The van der Waals surface area contributed by atoms with Crippen LogP contribution in [0.15, 0.2) is 34.1 Å². The Labute approximate surface area is 149 Å². The van der Waals surface area contributed by atoms with Crippen molar-refractivity contribution in [2.45, 2.75) is 39.3 Å². The minimum atomic E-state index is -0.469. The maximum Gasteiger partial charge on any atom is 0.237 e. The Kier molecular flexibility index (Phi) is 6.33. The highest BCUT2D eigenvalue weighted by molar-refractivity contribution is 9.10. The first-order valence-electron chi connectivity index (χ1n) is 7.64. The zero-order valence-corrected chi connectivity index (χ0v) is 15.9. The SMILES string of the molecule is CC(C)C[C@H](N)C(=O)NC(C)c1nc(-c2ccc(Br)cc2)cs1. The van der Waals surface area contributed by atoms with Crippen LogP contribution in [0.4, 0.5) is 0 Å². The fraction of sp³-hybridized carbons (Fsp3) is 0.412. The van der Waals surface area contributed by atoms with Gasteiger partial charge in [-0.3, -0.25) is 4.79 Å². The fourth-order valence-corrected chi connectivity index (χ4v) is 3.34. The van der Waals surface area contributed by atoms with Gasteiger partial charge in [0.1, 0.15) is 5.01 Å². The largest absolute Gasteiger partial charge is 0.346 e. The first kappa shape index (κ1) is 18.1. The molecule has 2 atom stereocenters. The second-order valence-electron chi connectivity index (χ2n) is 6.04. The summed E-state index contributed by atoms with van der Waals surface area (Å²) in [5, 5.41) is 5.84. The monoisotopic (exact) mass is 395 g/mol. The Bertz CT molecular complexity index is 654. The number of thiazole rings is 1.